The van der Waals surface area contributed by atoms with Crippen LogP contribution in [0, 0.1) is 23.2 Å². The Hall–Kier alpha value is -7.38. The summed E-state index contributed by atoms with van der Waals surface area (Å²) in [6.07, 6.45) is 6.82. The molecule has 2 heterocycles. The van der Waals surface area contributed by atoms with Crippen LogP contribution in [0.1, 0.15) is 98.3 Å². The second-order valence-corrected chi connectivity index (χ2v) is 22.5. The van der Waals surface area contributed by atoms with E-state index in [-0.39, 0.29) is 104 Å². The van der Waals surface area contributed by atoms with E-state index in [1.54, 1.807) is 0 Å². The number of imide groups is 1. The van der Waals surface area contributed by atoms with E-state index in [1.807, 2.05) is 6.08 Å². The molecule has 0 spiro atoms. The second kappa shape index (κ2) is 31.0. The number of anilines is 1. The number of unbranched alkanes of at least 4 members (excludes halogenated alkanes) is 2. The number of ether oxygens (including phenoxy) is 5. The molecule has 2 aliphatic heterocycles. The van der Waals surface area contributed by atoms with Crippen LogP contribution in [-0.4, -0.2) is 156 Å². The molecule has 27 nitrogen and oxygen atoms in total. The number of hydrogen-bond acceptors (Lipinski definition) is 20. The first-order chi connectivity index (χ1) is 40.1. The summed E-state index contributed by atoms with van der Waals surface area (Å²) in [6.45, 7) is 8.98. The number of nitrogens with zero attached hydrogens (tertiary/aromatic N) is 1. The number of amides is 5. The number of hydrogen-bond donors (Lipinski definition) is 8. The summed E-state index contributed by atoms with van der Waals surface area (Å²) in [4.78, 5) is 92.6. The van der Waals surface area contributed by atoms with E-state index in [0.29, 0.717) is 63.9 Å². The molecule has 4 atom stereocenters. The van der Waals surface area contributed by atoms with Crippen molar-refractivity contribution in [2.45, 2.75) is 93.4 Å². The molecule has 9 N–H and O–H groups in total. The Balaban J connectivity index is 0.937. The fourth-order valence-electron chi connectivity index (χ4n) is 9.72. The maximum atomic E-state index is 13.9. The van der Waals surface area contributed by atoms with Crippen molar-refractivity contribution in [3.8, 4) is 22.5 Å². The SMILES string of the molecule is C=CCCC1C(CCCC)C1COC(=O)NCCOCCOCCOCCOCCC(=O)NCCCCC(NC(=O)c1ccc(-c2c3ccc(=N)c(S(=O)(=O)O)c-3oc3c(S(=O)(=O)O)c(N)ccc23)c(C(=O)O)c1)C(=O)ON1C(=O)CCC1=O. The molecule has 29 heteroatoms. The molecule has 1 saturated heterocycles. The van der Waals surface area contributed by atoms with Crippen LogP contribution in [0.5, 0.6) is 0 Å². The molecule has 0 bridgehead atoms. The fourth-order valence-corrected chi connectivity index (χ4v) is 11.2. The molecule has 1 saturated carbocycles. The van der Waals surface area contributed by atoms with E-state index in [0.717, 1.165) is 55.7 Å². The van der Waals surface area contributed by atoms with Crippen LogP contribution in [0.25, 0.3) is 33.4 Å². The van der Waals surface area contributed by atoms with Gasteiger partial charge in [-0.05, 0) is 98.2 Å². The average molecular weight is 1220 g/mol. The summed E-state index contributed by atoms with van der Waals surface area (Å²) in [6, 6.07) is 5.80. The Labute approximate surface area is 484 Å². The lowest BCUT2D eigenvalue weighted by molar-refractivity contribution is -0.199. The lowest BCUT2D eigenvalue weighted by atomic mass is 9.89. The Morgan fingerprint density at radius 1 is 0.798 bits per heavy atom. The van der Waals surface area contributed by atoms with Gasteiger partial charge in [-0.25, -0.2) is 14.4 Å². The number of nitrogen functional groups attached to an aromatic ring is 1. The maximum Gasteiger partial charge on any atom is 0.407 e. The lowest BCUT2D eigenvalue weighted by Gasteiger charge is -2.21. The summed E-state index contributed by atoms with van der Waals surface area (Å²) in [5, 5.41) is 25.8. The van der Waals surface area contributed by atoms with Gasteiger partial charge in [0.1, 0.15) is 6.04 Å². The highest BCUT2D eigenvalue weighted by molar-refractivity contribution is 7.86. The zero-order chi connectivity index (χ0) is 61.1. The third-order valence-electron chi connectivity index (χ3n) is 13.9. The molecule has 2 aromatic rings. The predicted octanol–water partition coefficient (Wildman–Crippen LogP) is 4.65. The van der Waals surface area contributed by atoms with Gasteiger partial charge in [0, 0.05) is 54.4 Å². The van der Waals surface area contributed by atoms with Crippen LogP contribution < -0.4 is 27.0 Å². The second-order valence-electron chi connectivity index (χ2n) is 19.8. The third-order valence-corrected chi connectivity index (χ3v) is 15.8. The number of hydroxylamine groups is 2. The highest BCUT2D eigenvalue weighted by atomic mass is 32.2. The Kier molecular flexibility index (Phi) is 24.2. The molecule has 0 radical (unpaired) electrons. The van der Waals surface area contributed by atoms with Gasteiger partial charge < -0.3 is 59.7 Å². The van der Waals surface area contributed by atoms with Gasteiger partial charge in [-0.3, -0.25) is 33.7 Å². The van der Waals surface area contributed by atoms with Gasteiger partial charge in [0.15, 0.2) is 21.1 Å². The van der Waals surface area contributed by atoms with Gasteiger partial charge in [-0.1, -0.05) is 31.9 Å². The van der Waals surface area contributed by atoms with Gasteiger partial charge in [-0.15, -0.1) is 11.6 Å². The van der Waals surface area contributed by atoms with Crippen molar-refractivity contribution in [2.75, 3.05) is 78.3 Å². The van der Waals surface area contributed by atoms with E-state index in [4.69, 9.17) is 44.1 Å². The molecule has 4 unspecified atom stereocenters. The maximum absolute atomic E-state index is 13.9. The van der Waals surface area contributed by atoms with Crippen LogP contribution in [0.2, 0.25) is 0 Å². The van der Waals surface area contributed by atoms with Gasteiger partial charge in [0.2, 0.25) is 5.91 Å². The topological polar surface area (TPSA) is 406 Å². The molecule has 4 aliphatic rings. The minimum absolute atomic E-state index is 0.0146. The summed E-state index contributed by atoms with van der Waals surface area (Å²) in [5.74, 6) is -5.11. The van der Waals surface area contributed by atoms with E-state index in [1.165, 1.54) is 18.9 Å². The largest absolute Gasteiger partial charge is 0.478 e. The molecule has 84 heavy (non-hydrogen) atoms. The van der Waals surface area contributed by atoms with Crippen molar-refractivity contribution in [1.82, 2.24) is 21.0 Å². The molecule has 2 aromatic carbocycles. The van der Waals surface area contributed by atoms with Crippen molar-refractivity contribution in [2.24, 2.45) is 17.8 Å². The lowest BCUT2D eigenvalue weighted by Crippen LogP contribution is -2.45. The van der Waals surface area contributed by atoms with Crippen LogP contribution >= 0.6 is 0 Å². The molecular formula is C55H70N6O21S2. The van der Waals surface area contributed by atoms with Crippen LogP contribution in [0.4, 0.5) is 10.5 Å². The van der Waals surface area contributed by atoms with E-state index in [2.05, 4.69) is 29.5 Å². The average Bonchev–Trinajstić information content (AvgIpc) is 1.64. The van der Waals surface area contributed by atoms with Crippen molar-refractivity contribution < 1.29 is 97.5 Å². The number of carboxylic acids is 1. The number of alkyl carbamates (subject to hydrolysis) is 1. The first-order valence-electron chi connectivity index (χ1n) is 27.2. The molecule has 458 valence electrons. The summed E-state index contributed by atoms with van der Waals surface area (Å²) in [5.41, 5.74) is 2.65. The highest BCUT2D eigenvalue weighted by Gasteiger charge is 2.49. The van der Waals surface area contributed by atoms with Crippen molar-refractivity contribution in [1.29, 1.82) is 5.41 Å². The van der Waals surface area contributed by atoms with Crippen LogP contribution in [-0.2, 0) is 67.9 Å². The summed E-state index contributed by atoms with van der Waals surface area (Å²) < 4.78 is 104. The number of aromatic carboxylic acids is 1. The number of carboxylic acid groups (broad SMARTS) is 1. The van der Waals surface area contributed by atoms with Crippen LogP contribution in [0.3, 0.4) is 0 Å². The number of allylic oxidation sites excluding steroid dienone is 1. The molecule has 6 rings (SSSR count). The number of carbonyl (C=O) groups is 7. The number of nitrogens with one attached hydrogen (secondary N) is 4. The highest BCUT2D eigenvalue weighted by Crippen LogP contribution is 2.52. The molecule has 5 amide bonds. The van der Waals surface area contributed by atoms with Crippen molar-refractivity contribution in [3.63, 3.8) is 0 Å². The molecule has 0 aromatic heterocycles. The van der Waals surface area contributed by atoms with E-state index >= 15 is 0 Å². The monoisotopic (exact) mass is 1210 g/mol. The third kappa shape index (κ3) is 18.1. The smallest absolute Gasteiger partial charge is 0.407 e. The fraction of sp³-hybridized carbons (Fsp3) is 0.491. The quantitative estimate of drug-likeness (QED) is 0.00767. The van der Waals surface area contributed by atoms with E-state index < -0.39 is 99.8 Å². The van der Waals surface area contributed by atoms with Crippen molar-refractivity contribution >= 4 is 78.6 Å². The molecule has 2 aliphatic carbocycles. The van der Waals surface area contributed by atoms with Crippen LogP contribution in [0.15, 0.2) is 69.3 Å². The first-order valence-corrected chi connectivity index (χ1v) is 30.1. The summed E-state index contributed by atoms with van der Waals surface area (Å²) in [7, 11) is -10.6. The molecule has 2 fully saturated rings. The first kappa shape index (κ1) is 65.8. The zero-order valence-corrected chi connectivity index (χ0v) is 47.9. The zero-order valence-electron chi connectivity index (χ0n) is 46.2. The number of rotatable bonds is 36. The van der Waals surface area contributed by atoms with Gasteiger partial charge >= 0.3 is 18.0 Å². The van der Waals surface area contributed by atoms with Gasteiger partial charge in [0.05, 0.1) is 76.1 Å². The number of nitrogens with two attached hydrogens (primary N) is 1. The Morgan fingerprint density at radius 2 is 1.43 bits per heavy atom. The van der Waals surface area contributed by atoms with Gasteiger partial charge in [-0.2, -0.15) is 16.8 Å². The Morgan fingerprint density at radius 3 is 2.06 bits per heavy atom. The minimum atomic E-state index is -5.31. The minimum Gasteiger partial charge on any atom is -0.478 e. The van der Waals surface area contributed by atoms with Gasteiger partial charge in [0.25, 0.3) is 38.0 Å². The standard InChI is InChI=1S/C55H70N6O21S2/c1-3-5-9-34-35(10-6-4-2)40(34)32-80-55(69)59-22-24-77-26-28-79-30-29-78-27-25-76-23-20-44(62)58-21-8-7-11-43(54(68)82-61-45(63)18-19-46(61)64)60-52(65)33-12-13-36(39(31-33)53(66)67)47-37-14-16-41(56)50(83(70,71)72)48(37)81-49-38(47)15-17-42(57)51(49)84(73,74)75/h3,12-17,31,34-35,40,43,56H,1,4-11,18-30,32,57H2,2H3,(H,58,62)(H,59,69)(H,60,65)(H,66,67)(H,70,71,72)(H,73,74,75). The normalized spacial score (nSPS) is 16.4. The van der Waals surface area contributed by atoms with E-state index in [9.17, 15) is 64.6 Å². The number of benzene rings is 3. The van der Waals surface area contributed by atoms with Crippen molar-refractivity contribution in [3.05, 3.63) is 71.6 Å². The Bertz CT molecular complexity index is 3300. The predicted molar refractivity (Wildman–Crippen MR) is 297 cm³/mol. The summed E-state index contributed by atoms with van der Waals surface area (Å²) >= 11 is 0. The number of fused-ring (bicyclic) bond motifs is 2. The number of carbonyl (C=O) groups excluding carboxylic acids is 6. The molecular weight excluding hydrogens is 1140 g/mol.